The van der Waals surface area contributed by atoms with E-state index in [9.17, 15) is 4.79 Å². The second-order valence-corrected chi connectivity index (χ2v) is 5.30. The summed E-state index contributed by atoms with van der Waals surface area (Å²) in [6.45, 7) is 5.19. The first-order valence-corrected chi connectivity index (χ1v) is 8.23. The van der Waals surface area contributed by atoms with Crippen molar-refractivity contribution >= 4 is 5.97 Å². The van der Waals surface area contributed by atoms with E-state index in [-0.39, 0.29) is 5.97 Å². The molecule has 0 unspecified atom stereocenters. The minimum absolute atomic E-state index is 0.112. The lowest BCUT2D eigenvalue weighted by Crippen LogP contribution is -2.20. The van der Waals surface area contributed by atoms with Gasteiger partial charge in [0.15, 0.2) is 0 Å². The number of hydrogen-bond donors (Lipinski definition) is 1. The van der Waals surface area contributed by atoms with E-state index in [2.05, 4.69) is 19.3 Å². The zero-order valence-corrected chi connectivity index (χ0v) is 13.0. The van der Waals surface area contributed by atoms with Gasteiger partial charge in [-0.1, -0.05) is 71.6 Å². The molecule has 0 bridgehead atoms. The molecule has 0 aliphatic carbocycles. The normalized spacial score (nSPS) is 10.6. The van der Waals surface area contributed by atoms with E-state index < -0.39 is 0 Å². The Balaban J connectivity index is 3.10. The van der Waals surface area contributed by atoms with E-state index in [1.54, 1.807) is 0 Å². The van der Waals surface area contributed by atoms with Crippen LogP contribution in [0.15, 0.2) is 0 Å². The van der Waals surface area contributed by atoms with Crippen LogP contribution in [0.25, 0.3) is 0 Å². The zero-order chi connectivity index (χ0) is 14.2. The lowest BCUT2D eigenvalue weighted by molar-refractivity contribution is -0.151. The summed E-state index contributed by atoms with van der Waals surface area (Å²) in [4.78, 5) is 16.3. The van der Waals surface area contributed by atoms with Crippen LogP contribution in [0, 0.1) is 0 Å². The Kier molecular flexibility index (Phi) is 15.0. The van der Waals surface area contributed by atoms with Crippen LogP contribution in [0.2, 0.25) is 0 Å². The molecule has 0 aromatic rings. The Morgan fingerprint density at radius 2 is 1.32 bits per heavy atom. The van der Waals surface area contributed by atoms with E-state index in [0.717, 1.165) is 25.8 Å². The highest BCUT2D eigenvalue weighted by atomic mass is 16.7. The van der Waals surface area contributed by atoms with E-state index in [1.165, 1.54) is 51.4 Å². The summed E-state index contributed by atoms with van der Waals surface area (Å²) in [5.41, 5.74) is 2.78. The first-order valence-electron chi connectivity index (χ1n) is 8.23. The van der Waals surface area contributed by atoms with E-state index >= 15 is 0 Å². The van der Waals surface area contributed by atoms with E-state index in [4.69, 9.17) is 4.84 Å². The van der Waals surface area contributed by atoms with Gasteiger partial charge in [-0.3, -0.25) is 4.79 Å². The molecule has 0 spiro atoms. The molecule has 0 rings (SSSR count). The molecule has 0 heterocycles. The van der Waals surface area contributed by atoms with Gasteiger partial charge in [0.05, 0.1) is 0 Å². The highest BCUT2D eigenvalue weighted by Crippen LogP contribution is 2.06. The van der Waals surface area contributed by atoms with Crippen LogP contribution in [0.4, 0.5) is 0 Å². The Labute approximate surface area is 119 Å². The van der Waals surface area contributed by atoms with Crippen LogP contribution in [0.3, 0.4) is 0 Å². The molecule has 0 amide bonds. The molecule has 3 nitrogen and oxygen atoms in total. The summed E-state index contributed by atoms with van der Waals surface area (Å²) in [5, 5.41) is 0. The third-order valence-electron chi connectivity index (χ3n) is 3.30. The predicted molar refractivity (Wildman–Crippen MR) is 80.8 cm³/mol. The van der Waals surface area contributed by atoms with Crippen LogP contribution in [0.1, 0.15) is 90.9 Å². The van der Waals surface area contributed by atoms with E-state index in [0.29, 0.717) is 6.42 Å². The number of hydroxylamine groups is 1. The van der Waals surface area contributed by atoms with Crippen LogP contribution in [-0.2, 0) is 9.63 Å². The van der Waals surface area contributed by atoms with Crippen molar-refractivity contribution in [1.29, 1.82) is 0 Å². The minimum Gasteiger partial charge on any atom is -0.371 e. The summed E-state index contributed by atoms with van der Waals surface area (Å²) in [5.74, 6) is -0.112. The van der Waals surface area contributed by atoms with Crippen molar-refractivity contribution in [2.24, 2.45) is 0 Å². The van der Waals surface area contributed by atoms with Crippen LogP contribution in [0.5, 0.6) is 0 Å². The average molecular weight is 271 g/mol. The molecule has 0 aliphatic heterocycles. The Morgan fingerprint density at radius 1 is 0.789 bits per heavy atom. The van der Waals surface area contributed by atoms with Gasteiger partial charge in [0.2, 0.25) is 0 Å². The summed E-state index contributed by atoms with van der Waals surface area (Å²) in [6.07, 6.45) is 14.0. The molecule has 0 aliphatic rings. The number of carbonyl (C=O) groups excluding carboxylic acids is 1. The van der Waals surface area contributed by atoms with Crippen molar-refractivity contribution < 1.29 is 9.63 Å². The second kappa shape index (κ2) is 15.5. The van der Waals surface area contributed by atoms with Gasteiger partial charge in [0, 0.05) is 13.0 Å². The molecule has 1 N–H and O–H groups in total. The molecule has 19 heavy (non-hydrogen) atoms. The molecule has 0 atom stereocenters. The topological polar surface area (TPSA) is 38.3 Å². The van der Waals surface area contributed by atoms with Gasteiger partial charge in [-0.25, -0.2) is 0 Å². The van der Waals surface area contributed by atoms with Gasteiger partial charge in [-0.15, -0.1) is 0 Å². The minimum atomic E-state index is -0.112. The predicted octanol–water partition coefficient (Wildman–Crippen LogP) is 4.76. The van der Waals surface area contributed by atoms with Crippen molar-refractivity contribution in [1.82, 2.24) is 5.48 Å². The lowest BCUT2D eigenvalue weighted by atomic mass is 10.1. The Morgan fingerprint density at radius 3 is 1.95 bits per heavy atom. The van der Waals surface area contributed by atoms with Gasteiger partial charge < -0.3 is 4.84 Å². The highest BCUT2D eigenvalue weighted by molar-refractivity contribution is 5.68. The third-order valence-corrected chi connectivity index (χ3v) is 3.30. The van der Waals surface area contributed by atoms with E-state index in [1.807, 2.05) is 0 Å². The molecule has 0 radical (unpaired) electrons. The summed E-state index contributed by atoms with van der Waals surface area (Å²) in [7, 11) is 0. The smallest absolute Gasteiger partial charge is 0.324 e. The third kappa shape index (κ3) is 15.4. The summed E-state index contributed by atoms with van der Waals surface area (Å²) < 4.78 is 0. The Bertz CT molecular complexity index is 195. The highest BCUT2D eigenvalue weighted by Gasteiger charge is 2.01. The maximum Gasteiger partial charge on any atom is 0.324 e. The molecule has 0 saturated carbocycles. The molecule has 0 aromatic heterocycles. The second-order valence-electron chi connectivity index (χ2n) is 5.30. The molecule has 0 saturated heterocycles. The molecule has 0 aromatic carbocycles. The standard InChI is InChI=1S/C16H33NO2/c1-3-5-7-9-10-11-13-15-17-19-16(18)14-12-8-6-4-2/h17H,3-15H2,1-2H3. The van der Waals surface area contributed by atoms with Gasteiger partial charge in [-0.05, 0) is 12.8 Å². The SMILES string of the molecule is CCCCCCCCCNOC(=O)CCCCCC. The monoisotopic (exact) mass is 271 g/mol. The number of nitrogens with one attached hydrogen (secondary N) is 1. The van der Waals surface area contributed by atoms with Crippen molar-refractivity contribution in [3.63, 3.8) is 0 Å². The number of unbranched alkanes of at least 4 members (excludes halogenated alkanes) is 9. The van der Waals surface area contributed by atoms with Gasteiger partial charge in [0.25, 0.3) is 0 Å². The average Bonchev–Trinajstić information content (AvgIpc) is 2.42. The fraction of sp³-hybridized carbons (Fsp3) is 0.938. The lowest BCUT2D eigenvalue weighted by Gasteiger charge is -2.05. The molecule has 3 heteroatoms. The van der Waals surface area contributed by atoms with Crippen molar-refractivity contribution in [2.45, 2.75) is 90.9 Å². The number of rotatable bonds is 14. The molecular formula is C16H33NO2. The summed E-state index contributed by atoms with van der Waals surface area (Å²) in [6, 6.07) is 0. The largest absolute Gasteiger partial charge is 0.371 e. The first-order chi connectivity index (χ1) is 9.31. The van der Waals surface area contributed by atoms with Crippen LogP contribution < -0.4 is 5.48 Å². The van der Waals surface area contributed by atoms with Crippen molar-refractivity contribution in [3.05, 3.63) is 0 Å². The van der Waals surface area contributed by atoms with Crippen molar-refractivity contribution in [3.8, 4) is 0 Å². The van der Waals surface area contributed by atoms with Crippen LogP contribution in [-0.4, -0.2) is 12.5 Å². The molecule has 114 valence electrons. The first kappa shape index (κ1) is 18.4. The number of hydrogen-bond acceptors (Lipinski definition) is 3. The number of carbonyl (C=O) groups is 1. The molecule has 0 fully saturated rings. The van der Waals surface area contributed by atoms with Gasteiger partial charge >= 0.3 is 5.97 Å². The van der Waals surface area contributed by atoms with Crippen LogP contribution >= 0.6 is 0 Å². The quantitative estimate of drug-likeness (QED) is 0.366. The summed E-state index contributed by atoms with van der Waals surface area (Å²) >= 11 is 0. The van der Waals surface area contributed by atoms with Gasteiger partial charge in [0.1, 0.15) is 0 Å². The molecular weight excluding hydrogens is 238 g/mol. The fourth-order valence-corrected chi connectivity index (χ4v) is 2.03. The maximum absolute atomic E-state index is 11.3. The maximum atomic E-state index is 11.3. The van der Waals surface area contributed by atoms with Crippen molar-refractivity contribution in [2.75, 3.05) is 6.54 Å². The Hall–Kier alpha value is -0.570. The fourth-order valence-electron chi connectivity index (χ4n) is 2.03. The zero-order valence-electron chi connectivity index (χ0n) is 13.0. The van der Waals surface area contributed by atoms with Gasteiger partial charge in [-0.2, -0.15) is 5.48 Å².